The largest absolute Gasteiger partial charge is 0.366 e. The molecule has 1 fully saturated rings. The molecule has 3 rings (SSSR count). The van der Waals surface area contributed by atoms with Gasteiger partial charge in [0.15, 0.2) is 0 Å². The zero-order valence-corrected chi connectivity index (χ0v) is 13.0. The molecule has 21 heavy (non-hydrogen) atoms. The summed E-state index contributed by atoms with van der Waals surface area (Å²) in [6.07, 6.45) is 2.23. The molecule has 1 N–H and O–H groups in total. The molecule has 1 saturated carbocycles. The van der Waals surface area contributed by atoms with Crippen molar-refractivity contribution in [2.45, 2.75) is 32.2 Å². The van der Waals surface area contributed by atoms with Gasteiger partial charge in [0, 0.05) is 18.0 Å². The lowest BCUT2D eigenvalue weighted by Crippen LogP contribution is -2.07. The zero-order valence-electron chi connectivity index (χ0n) is 11.5. The fraction of sp³-hybridized carbons (Fsp3) is 0.333. The molecular weight excluding hydrogens is 312 g/mol. The van der Waals surface area contributed by atoms with Crippen molar-refractivity contribution in [2.75, 3.05) is 5.32 Å². The van der Waals surface area contributed by atoms with Gasteiger partial charge in [-0.3, -0.25) is 0 Å². The van der Waals surface area contributed by atoms with E-state index in [-0.39, 0.29) is 5.02 Å². The maximum atomic E-state index is 13.1. The van der Waals surface area contributed by atoms with Crippen LogP contribution in [-0.2, 0) is 6.54 Å². The van der Waals surface area contributed by atoms with E-state index in [0.29, 0.717) is 17.6 Å². The van der Waals surface area contributed by atoms with E-state index < -0.39 is 5.82 Å². The molecule has 0 aliphatic heterocycles. The van der Waals surface area contributed by atoms with E-state index in [4.69, 9.17) is 23.2 Å². The second-order valence-corrected chi connectivity index (χ2v) is 5.99. The lowest BCUT2D eigenvalue weighted by Gasteiger charge is -2.11. The maximum Gasteiger partial charge on any atom is 0.141 e. The van der Waals surface area contributed by atoms with Crippen molar-refractivity contribution in [3.63, 3.8) is 0 Å². The minimum Gasteiger partial charge on any atom is -0.366 e. The molecule has 0 bridgehead atoms. The van der Waals surface area contributed by atoms with Crippen molar-refractivity contribution in [2.24, 2.45) is 0 Å². The fourth-order valence-electron chi connectivity index (χ4n) is 2.04. The molecule has 1 aliphatic carbocycles. The number of hydrogen-bond acceptors (Lipinski definition) is 3. The molecule has 110 valence electrons. The topological polar surface area (TPSA) is 37.8 Å². The van der Waals surface area contributed by atoms with Crippen molar-refractivity contribution in [3.8, 4) is 0 Å². The molecule has 0 unspecified atom stereocenters. The monoisotopic (exact) mass is 325 g/mol. The van der Waals surface area contributed by atoms with Crippen LogP contribution in [0.4, 0.5) is 10.2 Å². The third kappa shape index (κ3) is 3.27. The van der Waals surface area contributed by atoms with Crippen LogP contribution < -0.4 is 5.32 Å². The van der Waals surface area contributed by atoms with E-state index in [1.807, 2.05) is 6.92 Å². The molecule has 0 radical (unpaired) electrons. The summed E-state index contributed by atoms with van der Waals surface area (Å²) < 4.78 is 13.1. The van der Waals surface area contributed by atoms with Crippen molar-refractivity contribution in [3.05, 3.63) is 51.1 Å². The maximum absolute atomic E-state index is 13.1. The average Bonchev–Trinajstić information content (AvgIpc) is 3.28. The predicted octanol–water partition coefficient (Wildman–Crippen LogP) is 4.72. The van der Waals surface area contributed by atoms with Gasteiger partial charge in [0.1, 0.15) is 22.6 Å². The average molecular weight is 326 g/mol. The summed E-state index contributed by atoms with van der Waals surface area (Å²) in [6.45, 7) is 2.37. The second-order valence-electron chi connectivity index (χ2n) is 5.22. The smallest absolute Gasteiger partial charge is 0.141 e. The highest BCUT2D eigenvalue weighted by molar-refractivity contribution is 6.31. The van der Waals surface area contributed by atoms with Crippen molar-refractivity contribution >= 4 is 29.0 Å². The van der Waals surface area contributed by atoms with Gasteiger partial charge in [-0.2, -0.15) is 0 Å². The third-order valence-corrected chi connectivity index (χ3v) is 4.15. The Kier molecular flexibility index (Phi) is 4.00. The van der Waals surface area contributed by atoms with E-state index >= 15 is 0 Å². The Bertz CT molecular complexity index is 687. The summed E-state index contributed by atoms with van der Waals surface area (Å²) in [5, 5.41) is 3.82. The van der Waals surface area contributed by atoms with Crippen LogP contribution in [0.2, 0.25) is 10.2 Å². The first-order valence-electron chi connectivity index (χ1n) is 6.76. The summed E-state index contributed by atoms with van der Waals surface area (Å²) in [7, 11) is 0. The Morgan fingerprint density at radius 2 is 2.05 bits per heavy atom. The van der Waals surface area contributed by atoms with Crippen LogP contribution in [0.5, 0.6) is 0 Å². The van der Waals surface area contributed by atoms with Gasteiger partial charge < -0.3 is 5.32 Å². The van der Waals surface area contributed by atoms with Gasteiger partial charge in [-0.1, -0.05) is 29.3 Å². The molecule has 0 saturated heterocycles. The number of aromatic nitrogens is 2. The minimum atomic E-state index is -0.419. The van der Waals surface area contributed by atoms with Crippen molar-refractivity contribution in [1.82, 2.24) is 9.97 Å². The highest BCUT2D eigenvalue weighted by Gasteiger charge is 2.28. The Labute approximate surface area is 132 Å². The number of nitrogens with zero attached hydrogens (tertiary/aromatic N) is 2. The van der Waals surface area contributed by atoms with E-state index in [1.54, 1.807) is 12.1 Å². The first kappa shape index (κ1) is 14.5. The van der Waals surface area contributed by atoms with E-state index in [1.165, 1.54) is 6.07 Å². The molecular formula is C15H14Cl2FN3. The van der Waals surface area contributed by atoms with Crippen LogP contribution in [0.15, 0.2) is 18.2 Å². The molecule has 1 aliphatic rings. The number of nitrogens with one attached hydrogen (secondary N) is 1. The van der Waals surface area contributed by atoms with E-state index in [9.17, 15) is 4.39 Å². The first-order valence-corrected chi connectivity index (χ1v) is 7.52. The van der Waals surface area contributed by atoms with Crippen molar-refractivity contribution in [1.29, 1.82) is 0 Å². The molecule has 1 heterocycles. The summed E-state index contributed by atoms with van der Waals surface area (Å²) in [6, 6.07) is 4.65. The molecule has 6 heteroatoms. The minimum absolute atomic E-state index is 0.116. The van der Waals surface area contributed by atoms with Crippen LogP contribution in [-0.4, -0.2) is 9.97 Å². The highest BCUT2D eigenvalue weighted by atomic mass is 35.5. The number of halogens is 3. The highest BCUT2D eigenvalue weighted by Crippen LogP contribution is 2.39. The van der Waals surface area contributed by atoms with Crippen LogP contribution in [0.1, 0.15) is 35.7 Å². The molecule has 2 aromatic rings. The molecule has 0 atom stereocenters. The van der Waals surface area contributed by atoms with Gasteiger partial charge in [0.2, 0.25) is 0 Å². The summed E-state index contributed by atoms with van der Waals surface area (Å²) >= 11 is 11.9. The van der Waals surface area contributed by atoms with Crippen molar-refractivity contribution < 1.29 is 4.39 Å². The molecule has 3 nitrogen and oxygen atoms in total. The Balaban J connectivity index is 1.79. The number of anilines is 1. The number of hydrogen-bond donors (Lipinski definition) is 1. The Morgan fingerprint density at radius 3 is 2.71 bits per heavy atom. The van der Waals surface area contributed by atoms with E-state index in [2.05, 4.69) is 15.3 Å². The van der Waals surface area contributed by atoms with Gasteiger partial charge >= 0.3 is 0 Å². The Morgan fingerprint density at radius 1 is 1.29 bits per heavy atom. The van der Waals surface area contributed by atoms with Gasteiger partial charge in [-0.05, 0) is 37.5 Å². The van der Waals surface area contributed by atoms with Gasteiger partial charge in [0.05, 0.1) is 5.02 Å². The van der Waals surface area contributed by atoms with Crippen LogP contribution >= 0.6 is 23.2 Å². The molecule has 1 aromatic heterocycles. The zero-order chi connectivity index (χ0) is 15.0. The molecule has 0 spiro atoms. The van der Waals surface area contributed by atoms with E-state index in [0.717, 1.165) is 35.6 Å². The van der Waals surface area contributed by atoms with Crippen LogP contribution in [0, 0.1) is 12.7 Å². The first-order chi connectivity index (χ1) is 10.0. The standard InChI is InChI=1S/C15H14Cl2FN3/c1-8-13(17)20-15(10-3-4-10)21-14(8)19-7-9-2-5-12(18)11(16)6-9/h2,5-6,10H,3-4,7H2,1H3,(H,19,20,21). The SMILES string of the molecule is Cc1c(Cl)nc(C2CC2)nc1NCc1ccc(F)c(Cl)c1. The predicted molar refractivity (Wildman–Crippen MR) is 82.5 cm³/mol. The lowest BCUT2D eigenvalue weighted by molar-refractivity contribution is 0.627. The van der Waals surface area contributed by atoms with Gasteiger partial charge in [-0.15, -0.1) is 0 Å². The summed E-state index contributed by atoms with van der Waals surface area (Å²) in [5.74, 6) is 1.53. The fourth-order valence-corrected chi connectivity index (χ4v) is 2.42. The summed E-state index contributed by atoms with van der Waals surface area (Å²) in [4.78, 5) is 8.86. The van der Waals surface area contributed by atoms with Gasteiger partial charge in [0.25, 0.3) is 0 Å². The number of benzene rings is 1. The van der Waals surface area contributed by atoms with Crippen LogP contribution in [0.25, 0.3) is 0 Å². The Hall–Kier alpha value is -1.39. The normalized spacial score (nSPS) is 14.3. The van der Waals surface area contributed by atoms with Gasteiger partial charge in [-0.25, -0.2) is 14.4 Å². The number of rotatable bonds is 4. The molecule has 0 amide bonds. The molecule has 1 aromatic carbocycles. The third-order valence-electron chi connectivity index (χ3n) is 3.49. The quantitative estimate of drug-likeness (QED) is 0.826. The second kappa shape index (κ2) is 5.78. The van der Waals surface area contributed by atoms with Crippen LogP contribution in [0.3, 0.4) is 0 Å². The lowest BCUT2D eigenvalue weighted by atomic mass is 10.2. The summed E-state index contributed by atoms with van der Waals surface area (Å²) in [5.41, 5.74) is 1.69.